The summed E-state index contributed by atoms with van der Waals surface area (Å²) in [5, 5.41) is 10.6. The lowest BCUT2D eigenvalue weighted by atomic mass is 10.2. The van der Waals surface area contributed by atoms with Crippen molar-refractivity contribution in [3.8, 4) is 0 Å². The second-order valence-corrected chi connectivity index (χ2v) is 6.44. The predicted octanol–water partition coefficient (Wildman–Crippen LogP) is 3.88. The van der Waals surface area contributed by atoms with Gasteiger partial charge in [0.05, 0.1) is 10.3 Å². The SMILES string of the molecule is Cc1ccc(S(=O)(=O)/C=C(O)/C=C/c2ccccc2)cc1. The van der Waals surface area contributed by atoms with E-state index in [4.69, 9.17) is 0 Å². The number of hydrogen-bond donors (Lipinski definition) is 1. The number of aryl methyl sites for hydroxylation is 1. The van der Waals surface area contributed by atoms with Crippen LogP contribution < -0.4 is 0 Å². The fourth-order valence-electron chi connectivity index (χ4n) is 1.74. The number of aliphatic hydroxyl groups is 1. The fourth-order valence-corrected chi connectivity index (χ4v) is 2.79. The Morgan fingerprint density at radius 1 is 1.00 bits per heavy atom. The second kappa shape index (κ2) is 6.41. The third-order valence-corrected chi connectivity index (χ3v) is 4.35. The molecule has 0 atom stereocenters. The van der Waals surface area contributed by atoms with E-state index in [1.165, 1.54) is 18.2 Å². The summed E-state index contributed by atoms with van der Waals surface area (Å²) in [7, 11) is -3.64. The van der Waals surface area contributed by atoms with Crippen molar-refractivity contribution in [3.05, 3.63) is 83.0 Å². The maximum atomic E-state index is 12.1. The van der Waals surface area contributed by atoms with Gasteiger partial charge in [-0.05, 0) is 30.7 Å². The molecule has 0 aromatic heterocycles. The number of allylic oxidation sites excluding steroid dienone is 1. The van der Waals surface area contributed by atoms with E-state index in [1.54, 1.807) is 18.2 Å². The third-order valence-electron chi connectivity index (χ3n) is 2.87. The Balaban J connectivity index is 2.21. The molecule has 0 fully saturated rings. The Morgan fingerprint density at radius 2 is 1.62 bits per heavy atom. The molecule has 0 spiro atoms. The minimum Gasteiger partial charge on any atom is -0.507 e. The highest BCUT2D eigenvalue weighted by Gasteiger charge is 2.11. The smallest absolute Gasteiger partial charge is 0.203 e. The standard InChI is InChI=1S/C17H16O3S/c1-14-7-11-17(12-8-14)21(19,20)13-16(18)10-9-15-5-3-2-4-6-15/h2-13,18H,1H3/b10-9+,16-13-. The molecule has 3 nitrogen and oxygen atoms in total. The van der Waals surface area contributed by atoms with Crippen LogP contribution in [-0.2, 0) is 9.84 Å². The molecule has 0 unspecified atom stereocenters. The first-order valence-corrected chi connectivity index (χ1v) is 7.97. The fraction of sp³-hybridized carbons (Fsp3) is 0.0588. The quantitative estimate of drug-likeness (QED) is 0.688. The maximum Gasteiger partial charge on any atom is 0.203 e. The Bertz CT molecular complexity index is 755. The molecule has 0 saturated heterocycles. The van der Waals surface area contributed by atoms with Gasteiger partial charge >= 0.3 is 0 Å². The van der Waals surface area contributed by atoms with Gasteiger partial charge in [-0.3, -0.25) is 0 Å². The normalized spacial score (nSPS) is 12.7. The maximum absolute atomic E-state index is 12.1. The summed E-state index contributed by atoms with van der Waals surface area (Å²) >= 11 is 0. The molecule has 0 heterocycles. The van der Waals surface area contributed by atoms with Gasteiger partial charge in [-0.15, -0.1) is 0 Å². The van der Waals surface area contributed by atoms with Crippen LogP contribution in [-0.4, -0.2) is 13.5 Å². The molecular weight excluding hydrogens is 284 g/mol. The molecule has 0 aliphatic heterocycles. The third kappa shape index (κ3) is 4.33. The molecule has 0 radical (unpaired) electrons. The number of aliphatic hydroxyl groups excluding tert-OH is 1. The van der Waals surface area contributed by atoms with E-state index in [0.717, 1.165) is 16.5 Å². The summed E-state index contributed by atoms with van der Waals surface area (Å²) in [5.74, 6) is -0.306. The molecule has 21 heavy (non-hydrogen) atoms. The van der Waals surface area contributed by atoms with Gasteiger partial charge in [0, 0.05) is 0 Å². The van der Waals surface area contributed by atoms with Crippen LogP contribution in [0.4, 0.5) is 0 Å². The lowest BCUT2D eigenvalue weighted by Crippen LogP contribution is -1.97. The summed E-state index contributed by atoms with van der Waals surface area (Å²) < 4.78 is 24.2. The van der Waals surface area contributed by atoms with Crippen molar-refractivity contribution < 1.29 is 13.5 Å². The van der Waals surface area contributed by atoms with E-state index in [2.05, 4.69) is 0 Å². The zero-order chi connectivity index (χ0) is 15.3. The Hall–Kier alpha value is -2.33. The van der Waals surface area contributed by atoms with Crippen LogP contribution >= 0.6 is 0 Å². The van der Waals surface area contributed by atoms with E-state index in [-0.39, 0.29) is 10.7 Å². The van der Waals surface area contributed by atoms with Crippen LogP contribution in [0.3, 0.4) is 0 Å². The van der Waals surface area contributed by atoms with E-state index in [9.17, 15) is 13.5 Å². The van der Waals surface area contributed by atoms with E-state index in [1.807, 2.05) is 37.3 Å². The largest absolute Gasteiger partial charge is 0.507 e. The van der Waals surface area contributed by atoms with Crippen molar-refractivity contribution in [1.29, 1.82) is 0 Å². The molecule has 1 N–H and O–H groups in total. The minimum atomic E-state index is -3.64. The highest BCUT2D eigenvalue weighted by atomic mass is 32.2. The Labute approximate surface area is 124 Å². The van der Waals surface area contributed by atoms with Crippen molar-refractivity contribution in [2.45, 2.75) is 11.8 Å². The van der Waals surface area contributed by atoms with Crippen molar-refractivity contribution in [3.63, 3.8) is 0 Å². The zero-order valence-corrected chi connectivity index (χ0v) is 12.4. The average Bonchev–Trinajstić information content (AvgIpc) is 2.46. The van der Waals surface area contributed by atoms with Gasteiger partial charge < -0.3 is 5.11 Å². The monoisotopic (exact) mass is 300 g/mol. The highest BCUT2D eigenvalue weighted by Crippen LogP contribution is 2.15. The van der Waals surface area contributed by atoms with E-state index < -0.39 is 9.84 Å². The Morgan fingerprint density at radius 3 is 2.24 bits per heavy atom. The molecule has 0 amide bonds. The predicted molar refractivity (Wildman–Crippen MR) is 84.6 cm³/mol. The molecular formula is C17H16O3S. The van der Waals surface area contributed by atoms with Crippen LogP contribution in [0.2, 0.25) is 0 Å². The summed E-state index contributed by atoms with van der Waals surface area (Å²) in [6, 6.07) is 15.8. The molecule has 108 valence electrons. The summed E-state index contributed by atoms with van der Waals surface area (Å²) in [4.78, 5) is 0.160. The molecule has 0 aliphatic rings. The molecule has 2 aromatic carbocycles. The first-order valence-electron chi connectivity index (χ1n) is 6.43. The summed E-state index contributed by atoms with van der Waals surface area (Å²) in [5.41, 5.74) is 1.86. The van der Waals surface area contributed by atoms with Crippen LogP contribution in [0, 0.1) is 6.92 Å². The lowest BCUT2D eigenvalue weighted by Gasteiger charge is -2.00. The molecule has 0 saturated carbocycles. The van der Waals surface area contributed by atoms with Gasteiger partial charge in [0.1, 0.15) is 5.76 Å². The first kappa shape index (κ1) is 15.1. The molecule has 2 aromatic rings. The van der Waals surface area contributed by atoms with Gasteiger partial charge in [0.25, 0.3) is 0 Å². The number of sulfone groups is 1. The van der Waals surface area contributed by atoms with Gasteiger partial charge in [-0.25, -0.2) is 8.42 Å². The number of rotatable bonds is 4. The van der Waals surface area contributed by atoms with Gasteiger partial charge in [-0.2, -0.15) is 0 Å². The lowest BCUT2D eigenvalue weighted by molar-refractivity contribution is 0.434. The zero-order valence-electron chi connectivity index (χ0n) is 11.6. The van der Waals surface area contributed by atoms with Crippen molar-refractivity contribution in [1.82, 2.24) is 0 Å². The van der Waals surface area contributed by atoms with Crippen LogP contribution in [0.15, 0.2) is 76.7 Å². The van der Waals surface area contributed by atoms with E-state index >= 15 is 0 Å². The van der Waals surface area contributed by atoms with Gasteiger partial charge in [0.2, 0.25) is 9.84 Å². The van der Waals surface area contributed by atoms with Crippen LogP contribution in [0.1, 0.15) is 11.1 Å². The number of hydrogen-bond acceptors (Lipinski definition) is 3. The summed E-state index contributed by atoms with van der Waals surface area (Å²) in [6.07, 6.45) is 3.01. The average molecular weight is 300 g/mol. The van der Waals surface area contributed by atoms with Crippen LogP contribution in [0.25, 0.3) is 6.08 Å². The second-order valence-electron chi connectivity index (χ2n) is 4.64. The first-order chi connectivity index (χ1) is 9.97. The van der Waals surface area contributed by atoms with Crippen molar-refractivity contribution in [2.24, 2.45) is 0 Å². The number of benzene rings is 2. The van der Waals surface area contributed by atoms with Crippen LogP contribution in [0.5, 0.6) is 0 Å². The highest BCUT2D eigenvalue weighted by molar-refractivity contribution is 7.94. The molecule has 0 bridgehead atoms. The molecule has 4 heteroatoms. The van der Waals surface area contributed by atoms with Crippen molar-refractivity contribution >= 4 is 15.9 Å². The van der Waals surface area contributed by atoms with E-state index in [0.29, 0.717) is 0 Å². The van der Waals surface area contributed by atoms with Crippen molar-refractivity contribution in [2.75, 3.05) is 0 Å². The van der Waals surface area contributed by atoms with Gasteiger partial charge in [0.15, 0.2) is 0 Å². The van der Waals surface area contributed by atoms with Gasteiger partial charge in [-0.1, -0.05) is 54.1 Å². The molecule has 0 aliphatic carbocycles. The minimum absolute atomic E-state index is 0.160. The molecule has 2 rings (SSSR count). The topological polar surface area (TPSA) is 54.4 Å². The summed E-state index contributed by atoms with van der Waals surface area (Å²) in [6.45, 7) is 1.88. The Kier molecular flexibility index (Phi) is 4.60.